The predicted molar refractivity (Wildman–Crippen MR) is 308 cm³/mol. The number of fused-ring (bicyclic) bond motifs is 8. The predicted octanol–water partition coefficient (Wildman–Crippen LogP) is 15.9. The molecule has 4 heterocycles. The van der Waals surface area contributed by atoms with Crippen molar-refractivity contribution in [2.24, 2.45) is 0 Å². The number of aliphatic hydroxyl groups is 1. The van der Waals surface area contributed by atoms with Gasteiger partial charge in [-0.15, -0.1) is 22.7 Å². The molecule has 0 spiro atoms. The smallest absolute Gasteiger partial charge is 0.455 e. The van der Waals surface area contributed by atoms with E-state index in [1.807, 2.05) is 127 Å². The van der Waals surface area contributed by atoms with Gasteiger partial charge in [0.05, 0.1) is 10.3 Å². The topological polar surface area (TPSA) is 59.7 Å². The average Bonchev–Trinajstić information content (AvgIpc) is 3.96. The largest absolute Gasteiger partial charge is 1.00 e. The Hall–Kier alpha value is -4.70. The van der Waals surface area contributed by atoms with Crippen molar-refractivity contribution in [1.29, 1.82) is 0 Å². The molecule has 11 aromatic rings. The monoisotopic (exact) mass is 1160 g/mol. The van der Waals surface area contributed by atoms with Crippen molar-refractivity contribution in [3.05, 3.63) is 241 Å². The summed E-state index contributed by atoms with van der Waals surface area (Å²) in [7, 11) is 0. The van der Waals surface area contributed by atoms with Crippen molar-refractivity contribution in [3.8, 4) is 33.8 Å². The number of hydrogen-bond acceptors (Lipinski definition) is 7. The summed E-state index contributed by atoms with van der Waals surface area (Å²) in [5.74, 6) is 1.42. The van der Waals surface area contributed by atoms with Gasteiger partial charge in [-0.25, -0.2) is 0 Å². The fraction of sp³-hybridized carbons (Fsp3) is 0.0847. The second-order valence-electron chi connectivity index (χ2n) is 15.6. The molecule has 8 aromatic carbocycles. The van der Waals surface area contributed by atoms with Gasteiger partial charge >= 0.3 is 18.9 Å². The number of benzene rings is 8. The number of unbranched alkanes of at least 4 members (excludes halogenated alkanes) is 1. The minimum absolute atomic E-state index is 0. The van der Waals surface area contributed by atoms with Crippen molar-refractivity contribution in [1.82, 2.24) is 0 Å². The Bertz CT molecular complexity index is 3580. The Morgan fingerprint density at radius 1 is 0.600 bits per heavy atom. The Labute approximate surface area is 459 Å². The Morgan fingerprint density at radius 3 is 1.76 bits per heavy atom. The maximum absolute atomic E-state index is 12.6. The van der Waals surface area contributed by atoms with Crippen LogP contribution in [0.15, 0.2) is 217 Å². The molecule has 1 atom stereocenters. The van der Waals surface area contributed by atoms with E-state index < -0.39 is 5.60 Å². The molecular weight excluding hydrogens is 1120 g/mol. The minimum Gasteiger partial charge on any atom is -0.455 e. The van der Waals surface area contributed by atoms with Crippen LogP contribution in [0.4, 0.5) is 0 Å². The third-order valence-electron chi connectivity index (χ3n) is 11.3. The van der Waals surface area contributed by atoms with Crippen LogP contribution in [0.1, 0.15) is 35.8 Å². The molecule has 12 rings (SSSR count). The van der Waals surface area contributed by atoms with Crippen LogP contribution in [0, 0.1) is 6.92 Å². The van der Waals surface area contributed by atoms with Crippen LogP contribution in [-0.2, 0) is 5.60 Å². The van der Waals surface area contributed by atoms with Crippen molar-refractivity contribution in [3.63, 3.8) is 0 Å². The Morgan fingerprint density at radius 2 is 1.11 bits per heavy atom. The van der Waals surface area contributed by atoms with Gasteiger partial charge < -0.3 is 21.2 Å². The summed E-state index contributed by atoms with van der Waals surface area (Å²) in [5.41, 5.74) is 6.23. The number of hydrogen-bond donors (Lipinski definition) is 2. The quantitative estimate of drug-likeness (QED) is 0.105. The fourth-order valence-corrected chi connectivity index (χ4v) is 11.9. The van der Waals surface area contributed by atoms with E-state index in [9.17, 15) is 9.90 Å². The summed E-state index contributed by atoms with van der Waals surface area (Å²) in [5, 5.41) is 15.2. The van der Waals surface area contributed by atoms with Crippen molar-refractivity contribution in [2.75, 3.05) is 6.26 Å². The van der Waals surface area contributed by atoms with Crippen LogP contribution in [0.25, 0.3) is 63.7 Å². The molecule has 346 valence electrons. The molecule has 3 aromatic heterocycles. The van der Waals surface area contributed by atoms with E-state index in [4.69, 9.17) is 9.15 Å². The fourth-order valence-electron chi connectivity index (χ4n) is 7.99. The van der Waals surface area contributed by atoms with E-state index in [-0.39, 0.29) is 24.3 Å². The Kier molecular flexibility index (Phi) is 18.7. The zero-order valence-electron chi connectivity index (χ0n) is 38.7. The van der Waals surface area contributed by atoms with Crippen LogP contribution in [0.3, 0.4) is 0 Å². The molecular formula is C59H46Br3LiO4S3. The molecule has 4 nitrogen and oxygen atoms in total. The SMILES string of the molecule is Brc1ccccc1-c1ccccc1.CS.O=c1c2ccccc2oc2c1sc1cc(Br)ccc12.OC1(c2ccccc2-c2ccccc2)c2ccccc2Oc2c1sc1cc(Br)ccc21.[CH2-]CCC.[Li+]. The van der Waals surface area contributed by atoms with Gasteiger partial charge in [0.1, 0.15) is 16.0 Å². The zero-order chi connectivity index (χ0) is 48.5. The molecule has 0 fully saturated rings. The first-order chi connectivity index (χ1) is 33.7. The molecule has 1 unspecified atom stereocenters. The molecule has 1 aliphatic heterocycles. The summed E-state index contributed by atoms with van der Waals surface area (Å²) >= 11 is 17.1. The standard InChI is InChI=1S/C27H17BrO2S.C15H7BrO2S.C12H9Br.C4H9.CH4S.Li/c28-18-14-15-20-24(16-18)31-26-25(20)30-23-13-7-6-12-22(23)27(26,29)21-11-5-4-10-19(21)17-8-2-1-3-9-17;16-8-5-6-10-12(7-8)19-15-13(17)9-3-1-2-4-11(9)18-14(10)15;13-12-9-5-4-8-11(12)10-6-2-1-3-7-10;1-3-4-2;1-2;/h1-16,29H;1-7H;1-9H;1,3-4H2,2H3;2H,1H3;/q;;;-1;;+1. The third-order valence-corrected chi connectivity index (χ3v) is 15.3. The summed E-state index contributed by atoms with van der Waals surface area (Å²) in [6.45, 7) is 5.72. The van der Waals surface area contributed by atoms with Gasteiger partial charge in [-0.05, 0) is 89.2 Å². The van der Waals surface area contributed by atoms with Gasteiger partial charge in [0, 0.05) is 44.7 Å². The van der Waals surface area contributed by atoms with Crippen molar-refractivity contribution >= 4 is 125 Å². The van der Waals surface area contributed by atoms with Crippen LogP contribution < -0.4 is 29.0 Å². The molecule has 0 aliphatic carbocycles. The molecule has 11 heteroatoms. The van der Waals surface area contributed by atoms with Crippen molar-refractivity contribution < 1.29 is 33.1 Å². The number of ether oxygens (including phenoxy) is 1. The van der Waals surface area contributed by atoms with E-state index in [1.165, 1.54) is 28.9 Å². The van der Waals surface area contributed by atoms with Gasteiger partial charge in [0.2, 0.25) is 5.43 Å². The number of rotatable bonds is 4. The normalized spacial score (nSPS) is 13.1. The van der Waals surface area contributed by atoms with E-state index in [1.54, 1.807) is 23.7 Å². The average molecular weight is 1160 g/mol. The summed E-state index contributed by atoms with van der Waals surface area (Å²) < 4.78 is 18.2. The van der Waals surface area contributed by atoms with Gasteiger partial charge in [-0.1, -0.05) is 195 Å². The minimum atomic E-state index is -1.33. The van der Waals surface area contributed by atoms with Gasteiger partial charge in [-0.2, -0.15) is 19.0 Å². The molecule has 70 heavy (non-hydrogen) atoms. The number of thiol groups is 1. The first kappa shape index (κ1) is 53.1. The van der Waals surface area contributed by atoms with Gasteiger partial charge in [0.15, 0.2) is 16.9 Å². The number of thiophene rings is 2. The van der Waals surface area contributed by atoms with Crippen LogP contribution in [0.2, 0.25) is 0 Å². The maximum atomic E-state index is 12.6. The second kappa shape index (κ2) is 24.6. The van der Waals surface area contributed by atoms with Gasteiger partial charge in [-0.3, -0.25) is 4.79 Å². The number of halogens is 3. The van der Waals surface area contributed by atoms with E-state index >= 15 is 0 Å². The molecule has 0 amide bonds. The molecule has 1 aliphatic rings. The first-order valence-corrected chi connectivity index (χ1v) is 27.0. The zero-order valence-corrected chi connectivity index (χ0v) is 46.0. The van der Waals surface area contributed by atoms with Gasteiger partial charge in [0.25, 0.3) is 0 Å². The summed E-state index contributed by atoms with van der Waals surface area (Å²) in [6.07, 6.45) is 3.97. The summed E-state index contributed by atoms with van der Waals surface area (Å²) in [4.78, 5) is 13.3. The Balaban J connectivity index is 0.000000158. The first-order valence-electron chi connectivity index (χ1n) is 22.1. The van der Waals surface area contributed by atoms with Crippen LogP contribution in [0.5, 0.6) is 11.5 Å². The van der Waals surface area contributed by atoms with Crippen molar-refractivity contribution in [2.45, 2.75) is 25.4 Å². The molecule has 0 saturated heterocycles. The van der Waals surface area contributed by atoms with E-state index in [2.05, 4.69) is 135 Å². The van der Waals surface area contributed by atoms with Crippen LogP contribution in [-0.4, -0.2) is 11.4 Å². The molecule has 0 saturated carbocycles. The van der Waals surface area contributed by atoms with E-state index in [0.717, 1.165) is 72.9 Å². The number of para-hydroxylation sites is 2. The maximum Gasteiger partial charge on any atom is 1.00 e. The van der Waals surface area contributed by atoms with Crippen LogP contribution >= 0.6 is 83.1 Å². The molecule has 0 bridgehead atoms. The molecule has 1 N–H and O–H groups in total. The van der Waals surface area contributed by atoms with E-state index in [0.29, 0.717) is 27.0 Å². The molecule has 0 radical (unpaired) electrons. The second-order valence-corrected chi connectivity index (χ2v) is 20.4. The third kappa shape index (κ3) is 11.2. The summed E-state index contributed by atoms with van der Waals surface area (Å²) in [6, 6.07) is 64.2.